The highest BCUT2D eigenvalue weighted by Gasteiger charge is 2.53. The topological polar surface area (TPSA) is 99.7 Å². The first-order chi connectivity index (χ1) is 18.1. The van der Waals surface area contributed by atoms with E-state index in [-0.39, 0.29) is 34.2 Å². The summed E-state index contributed by atoms with van der Waals surface area (Å²) in [5, 5.41) is 2.72. The Morgan fingerprint density at radius 2 is 1.79 bits per heavy atom. The molecule has 2 aliphatic carbocycles. The largest absolute Gasteiger partial charge is 0.322 e. The van der Waals surface area contributed by atoms with Crippen LogP contribution in [-0.2, 0) is 20.0 Å². The van der Waals surface area contributed by atoms with Gasteiger partial charge in [-0.25, -0.2) is 18.2 Å². The third kappa shape index (κ3) is 5.44. The number of urea groups is 1. The second-order valence-electron chi connectivity index (χ2n) is 11.7. The normalized spacial score (nSPS) is 26.0. The summed E-state index contributed by atoms with van der Waals surface area (Å²) in [5.41, 5.74) is 1.32. The molecular formula is C29H38N4O4S. The number of anilines is 1. The molecule has 1 saturated heterocycles. The number of sulfone groups is 1. The maximum absolute atomic E-state index is 13.6. The number of nitrogens with one attached hydrogen (secondary N) is 1. The van der Waals surface area contributed by atoms with Crippen molar-refractivity contribution in [1.29, 1.82) is 0 Å². The molecule has 2 aromatic rings. The SMILES string of the molecule is CC1(c2ccccc2)CCC2(CC1)CN(CCC(=O)Nc1ccc(S(C)(=O)=O)cn1)C(=O)N2CC1CCC1. The number of aromatic nitrogens is 1. The number of carbonyl (C=O) groups excluding carboxylic acids is 2. The van der Waals surface area contributed by atoms with Gasteiger partial charge in [0.1, 0.15) is 5.82 Å². The Hall–Kier alpha value is -2.94. The molecule has 1 aliphatic heterocycles. The van der Waals surface area contributed by atoms with Gasteiger partial charge in [-0.2, -0.15) is 0 Å². The lowest BCUT2D eigenvalue weighted by Gasteiger charge is -2.48. The van der Waals surface area contributed by atoms with Gasteiger partial charge in [0, 0.05) is 38.5 Å². The fourth-order valence-electron chi connectivity index (χ4n) is 6.20. The van der Waals surface area contributed by atoms with E-state index in [0.29, 0.717) is 24.8 Å². The molecule has 1 N–H and O–H groups in total. The molecule has 1 aromatic heterocycles. The Morgan fingerprint density at radius 1 is 1.08 bits per heavy atom. The molecule has 9 heteroatoms. The van der Waals surface area contributed by atoms with E-state index < -0.39 is 9.84 Å². The maximum Gasteiger partial charge on any atom is 0.320 e. The van der Waals surface area contributed by atoms with Gasteiger partial charge in [0.25, 0.3) is 0 Å². The van der Waals surface area contributed by atoms with Gasteiger partial charge in [0.2, 0.25) is 5.91 Å². The Labute approximate surface area is 225 Å². The fourth-order valence-corrected chi connectivity index (χ4v) is 6.76. The lowest BCUT2D eigenvalue weighted by atomic mass is 9.65. The van der Waals surface area contributed by atoms with E-state index in [0.717, 1.165) is 38.5 Å². The zero-order valence-corrected chi connectivity index (χ0v) is 23.2. The summed E-state index contributed by atoms with van der Waals surface area (Å²) in [5.74, 6) is 0.636. The molecule has 2 heterocycles. The molecule has 1 spiro atoms. The Bertz CT molecular complexity index is 1270. The lowest BCUT2D eigenvalue weighted by Crippen LogP contribution is -2.53. The molecule has 2 saturated carbocycles. The van der Waals surface area contributed by atoms with E-state index in [1.807, 2.05) is 4.90 Å². The highest BCUT2D eigenvalue weighted by molar-refractivity contribution is 7.90. The van der Waals surface area contributed by atoms with Crippen molar-refractivity contribution in [3.05, 3.63) is 54.2 Å². The van der Waals surface area contributed by atoms with Gasteiger partial charge in [-0.15, -0.1) is 0 Å². The fraction of sp³-hybridized carbons (Fsp3) is 0.552. The molecule has 0 radical (unpaired) electrons. The molecular weight excluding hydrogens is 500 g/mol. The molecule has 0 atom stereocenters. The van der Waals surface area contributed by atoms with Crippen LogP contribution in [0.2, 0.25) is 0 Å². The molecule has 3 aliphatic rings. The number of hydrogen-bond acceptors (Lipinski definition) is 5. The summed E-state index contributed by atoms with van der Waals surface area (Å²) in [6, 6.07) is 13.7. The van der Waals surface area contributed by atoms with Crippen LogP contribution in [0.4, 0.5) is 10.6 Å². The number of rotatable bonds is 8. The van der Waals surface area contributed by atoms with E-state index >= 15 is 0 Å². The van der Waals surface area contributed by atoms with Crippen molar-refractivity contribution < 1.29 is 18.0 Å². The molecule has 0 unspecified atom stereocenters. The Kier molecular flexibility index (Phi) is 7.24. The van der Waals surface area contributed by atoms with Crippen LogP contribution in [0, 0.1) is 5.92 Å². The summed E-state index contributed by atoms with van der Waals surface area (Å²) in [6.07, 6.45) is 10.2. The Balaban J connectivity index is 1.23. The zero-order chi connectivity index (χ0) is 27.0. The van der Waals surface area contributed by atoms with E-state index in [1.54, 1.807) is 0 Å². The van der Waals surface area contributed by atoms with Gasteiger partial charge < -0.3 is 15.1 Å². The minimum atomic E-state index is -3.35. The summed E-state index contributed by atoms with van der Waals surface area (Å²) in [6.45, 7) is 4.18. The van der Waals surface area contributed by atoms with Crippen LogP contribution < -0.4 is 5.32 Å². The number of hydrogen-bond donors (Lipinski definition) is 1. The first kappa shape index (κ1) is 26.7. The molecule has 1 aromatic carbocycles. The first-order valence-electron chi connectivity index (χ1n) is 13.7. The number of pyridine rings is 1. The van der Waals surface area contributed by atoms with Crippen molar-refractivity contribution in [3.8, 4) is 0 Å². The predicted octanol–water partition coefficient (Wildman–Crippen LogP) is 4.62. The monoisotopic (exact) mass is 538 g/mol. The Morgan fingerprint density at radius 3 is 2.37 bits per heavy atom. The van der Waals surface area contributed by atoms with Gasteiger partial charge in [0.15, 0.2) is 9.84 Å². The molecule has 3 amide bonds. The van der Waals surface area contributed by atoms with E-state index in [2.05, 4.69) is 52.5 Å². The number of amides is 3. The minimum absolute atomic E-state index is 0.0589. The average Bonchev–Trinajstić information content (AvgIpc) is 3.13. The van der Waals surface area contributed by atoms with Gasteiger partial charge in [-0.1, -0.05) is 43.7 Å². The lowest BCUT2D eigenvalue weighted by molar-refractivity contribution is -0.116. The highest BCUT2D eigenvalue weighted by atomic mass is 32.2. The van der Waals surface area contributed by atoms with Crippen LogP contribution in [0.1, 0.15) is 63.9 Å². The van der Waals surface area contributed by atoms with E-state index in [4.69, 9.17) is 0 Å². The van der Waals surface area contributed by atoms with Crippen LogP contribution >= 0.6 is 0 Å². The van der Waals surface area contributed by atoms with Gasteiger partial charge in [-0.05, 0) is 67.6 Å². The molecule has 0 bridgehead atoms. The van der Waals surface area contributed by atoms with Gasteiger partial charge >= 0.3 is 6.03 Å². The van der Waals surface area contributed by atoms with Gasteiger partial charge in [-0.3, -0.25) is 4.79 Å². The summed E-state index contributed by atoms with van der Waals surface area (Å²) >= 11 is 0. The third-order valence-corrected chi connectivity index (χ3v) is 10.1. The standard InChI is InChI=1S/C29H38N4O4S/c1-28(23-9-4-3-5-10-23)14-16-29(17-15-28)21-32(27(35)33(29)20-22-7-6-8-22)18-13-26(34)31-25-12-11-24(19-30-25)38(2,36)37/h3-5,9-12,19,22H,6-8,13-18,20-21H2,1-2H3,(H,30,31,34). The highest BCUT2D eigenvalue weighted by Crippen LogP contribution is 2.48. The first-order valence-corrected chi connectivity index (χ1v) is 15.6. The van der Waals surface area contributed by atoms with E-state index in [9.17, 15) is 18.0 Å². The van der Waals surface area contributed by atoms with Crippen molar-refractivity contribution in [3.63, 3.8) is 0 Å². The van der Waals surface area contributed by atoms with Crippen molar-refractivity contribution in [2.75, 3.05) is 31.2 Å². The van der Waals surface area contributed by atoms with Crippen molar-refractivity contribution in [1.82, 2.24) is 14.8 Å². The second-order valence-corrected chi connectivity index (χ2v) is 13.7. The van der Waals surface area contributed by atoms with Gasteiger partial charge in [0.05, 0.1) is 10.4 Å². The maximum atomic E-state index is 13.6. The van der Waals surface area contributed by atoms with Crippen LogP contribution in [-0.4, -0.2) is 66.6 Å². The zero-order valence-electron chi connectivity index (χ0n) is 22.4. The van der Waals surface area contributed by atoms with Crippen molar-refractivity contribution >= 4 is 27.6 Å². The number of carbonyl (C=O) groups is 2. The molecule has 8 nitrogen and oxygen atoms in total. The number of benzene rings is 1. The molecule has 38 heavy (non-hydrogen) atoms. The quantitative estimate of drug-likeness (QED) is 0.529. The second kappa shape index (κ2) is 10.3. The van der Waals surface area contributed by atoms with E-state index in [1.165, 1.54) is 43.2 Å². The average molecular weight is 539 g/mol. The van der Waals surface area contributed by atoms with Crippen LogP contribution in [0.5, 0.6) is 0 Å². The summed E-state index contributed by atoms with van der Waals surface area (Å²) in [7, 11) is -3.35. The molecule has 3 fully saturated rings. The van der Waals surface area contributed by atoms with Crippen molar-refractivity contribution in [2.45, 2.75) is 74.1 Å². The molecule has 5 rings (SSSR count). The predicted molar refractivity (Wildman–Crippen MR) is 147 cm³/mol. The molecule has 204 valence electrons. The number of nitrogens with zero attached hydrogens (tertiary/aromatic N) is 3. The summed E-state index contributed by atoms with van der Waals surface area (Å²) in [4.78, 5) is 34.5. The minimum Gasteiger partial charge on any atom is -0.322 e. The van der Waals surface area contributed by atoms with Crippen LogP contribution in [0.15, 0.2) is 53.6 Å². The summed E-state index contributed by atoms with van der Waals surface area (Å²) < 4.78 is 23.3. The smallest absolute Gasteiger partial charge is 0.320 e. The van der Waals surface area contributed by atoms with Crippen LogP contribution in [0.25, 0.3) is 0 Å². The van der Waals surface area contributed by atoms with Crippen LogP contribution in [0.3, 0.4) is 0 Å². The third-order valence-electron chi connectivity index (χ3n) is 9.02. The van der Waals surface area contributed by atoms with Crippen molar-refractivity contribution in [2.24, 2.45) is 5.92 Å².